The molecular weight excluding hydrogens is 414 g/mol. The van der Waals surface area contributed by atoms with Crippen molar-refractivity contribution in [3.8, 4) is 16.9 Å². The molecule has 174 valence electrons. The summed E-state index contributed by atoms with van der Waals surface area (Å²) in [6.07, 6.45) is 10.1. The number of aryl methyl sites for hydroxylation is 1. The number of rotatable bonds is 8. The van der Waals surface area contributed by atoms with Crippen LogP contribution in [0.3, 0.4) is 0 Å². The number of anilines is 1. The number of pyridine rings is 1. The summed E-state index contributed by atoms with van der Waals surface area (Å²) in [6.45, 7) is 0.738. The smallest absolute Gasteiger partial charge is 0.257 e. The minimum absolute atomic E-state index is 0.0372. The van der Waals surface area contributed by atoms with Gasteiger partial charge < -0.3 is 15.0 Å². The molecule has 7 heteroatoms. The first kappa shape index (κ1) is 22.8. The van der Waals surface area contributed by atoms with Gasteiger partial charge >= 0.3 is 0 Å². The molecule has 2 aromatic heterocycles. The lowest BCUT2D eigenvalue weighted by molar-refractivity contribution is -0.123. The third kappa shape index (κ3) is 5.92. The van der Waals surface area contributed by atoms with Crippen LogP contribution in [0.2, 0.25) is 0 Å². The van der Waals surface area contributed by atoms with Crippen molar-refractivity contribution >= 4 is 11.6 Å². The first-order chi connectivity index (χ1) is 16.0. The lowest BCUT2D eigenvalue weighted by Crippen LogP contribution is -2.34. The van der Waals surface area contributed by atoms with E-state index in [0.717, 1.165) is 31.4 Å². The Hall–Kier alpha value is -3.35. The van der Waals surface area contributed by atoms with Gasteiger partial charge in [0.2, 0.25) is 0 Å². The maximum atomic E-state index is 12.3. The van der Waals surface area contributed by atoms with E-state index in [4.69, 9.17) is 9.84 Å². The predicted molar refractivity (Wildman–Crippen MR) is 130 cm³/mol. The molecule has 1 saturated carbocycles. The summed E-state index contributed by atoms with van der Waals surface area (Å²) in [7, 11) is 5.94. The molecule has 0 atom stereocenters. The number of nitrogens with one attached hydrogen (secondary N) is 1. The van der Waals surface area contributed by atoms with Gasteiger partial charge in [0.05, 0.1) is 5.69 Å². The Kier molecular flexibility index (Phi) is 7.27. The van der Waals surface area contributed by atoms with Gasteiger partial charge in [0.15, 0.2) is 6.61 Å². The number of aromatic nitrogens is 3. The number of benzene rings is 1. The molecule has 0 saturated heterocycles. The lowest BCUT2D eigenvalue weighted by Gasteiger charge is -2.28. The van der Waals surface area contributed by atoms with Gasteiger partial charge in [-0.3, -0.25) is 14.5 Å². The molecule has 0 radical (unpaired) electrons. The summed E-state index contributed by atoms with van der Waals surface area (Å²) in [4.78, 5) is 18.4. The highest BCUT2D eigenvalue weighted by Crippen LogP contribution is 2.39. The number of carbonyl (C=O) groups excluding carboxylic acids is 1. The van der Waals surface area contributed by atoms with Crippen molar-refractivity contribution in [2.45, 2.75) is 31.6 Å². The summed E-state index contributed by atoms with van der Waals surface area (Å²) in [6, 6.07) is 11.8. The maximum absolute atomic E-state index is 12.3. The number of hydrogen-bond acceptors (Lipinski definition) is 5. The molecule has 1 fully saturated rings. The van der Waals surface area contributed by atoms with Crippen LogP contribution in [0, 0.1) is 5.92 Å². The largest absolute Gasteiger partial charge is 0.484 e. The molecule has 1 aliphatic carbocycles. The number of nitrogens with zero attached hydrogens (tertiary/aromatic N) is 4. The third-order valence-electron chi connectivity index (χ3n) is 6.37. The van der Waals surface area contributed by atoms with Crippen molar-refractivity contribution in [1.29, 1.82) is 0 Å². The molecule has 1 amide bonds. The standard InChI is InChI=1S/C26H33N5O2/c1-30(2)22-5-4-6-23(15-22)33-18-25(32)28-16-19-7-9-21(10-8-19)26-24(17-31(3)29-26)20-11-13-27-14-12-20/h4-6,11-15,17,19,21H,7-10,16,18H2,1-3H3,(H,28,32). The molecule has 33 heavy (non-hydrogen) atoms. The zero-order valence-corrected chi connectivity index (χ0v) is 19.7. The SMILES string of the molecule is CN(C)c1cccc(OCC(=O)NCC2CCC(c3nn(C)cc3-c3ccncc3)CC2)c1. The van der Waals surface area contributed by atoms with Gasteiger partial charge in [-0.1, -0.05) is 6.07 Å². The minimum atomic E-state index is -0.0721. The number of amides is 1. The van der Waals surface area contributed by atoms with Gasteiger partial charge in [-0.25, -0.2) is 0 Å². The Balaban J connectivity index is 1.24. The summed E-state index contributed by atoms with van der Waals surface area (Å²) in [5.41, 5.74) is 4.59. The monoisotopic (exact) mass is 447 g/mol. The molecule has 0 spiro atoms. The molecule has 0 bridgehead atoms. The number of carbonyl (C=O) groups is 1. The summed E-state index contributed by atoms with van der Waals surface area (Å²) >= 11 is 0. The van der Waals surface area contributed by atoms with E-state index in [1.165, 1.54) is 16.8 Å². The average molecular weight is 448 g/mol. The molecule has 3 aromatic rings. The van der Waals surface area contributed by atoms with E-state index in [9.17, 15) is 4.79 Å². The Labute approximate surface area is 195 Å². The van der Waals surface area contributed by atoms with Gasteiger partial charge in [-0.15, -0.1) is 0 Å². The van der Waals surface area contributed by atoms with E-state index >= 15 is 0 Å². The van der Waals surface area contributed by atoms with Gasteiger partial charge in [-0.2, -0.15) is 5.10 Å². The fraction of sp³-hybridized carbons (Fsp3) is 0.423. The van der Waals surface area contributed by atoms with Crippen LogP contribution < -0.4 is 15.0 Å². The zero-order valence-electron chi connectivity index (χ0n) is 19.7. The highest BCUT2D eigenvalue weighted by atomic mass is 16.5. The quantitative estimate of drug-likeness (QED) is 0.565. The van der Waals surface area contributed by atoms with Gasteiger partial charge in [0, 0.05) is 69.5 Å². The van der Waals surface area contributed by atoms with Crippen molar-refractivity contribution in [1.82, 2.24) is 20.1 Å². The van der Waals surface area contributed by atoms with Crippen molar-refractivity contribution in [2.24, 2.45) is 13.0 Å². The molecule has 1 aliphatic rings. The minimum Gasteiger partial charge on any atom is -0.484 e. The molecule has 0 aliphatic heterocycles. The summed E-state index contributed by atoms with van der Waals surface area (Å²) in [5.74, 6) is 1.58. The van der Waals surface area contributed by atoms with Gasteiger partial charge in [0.1, 0.15) is 5.75 Å². The molecule has 1 N–H and O–H groups in total. The maximum Gasteiger partial charge on any atom is 0.257 e. The van der Waals surface area contributed by atoms with E-state index in [-0.39, 0.29) is 12.5 Å². The number of hydrogen-bond donors (Lipinski definition) is 1. The molecule has 7 nitrogen and oxygen atoms in total. The third-order valence-corrected chi connectivity index (χ3v) is 6.37. The topological polar surface area (TPSA) is 72.3 Å². The van der Waals surface area contributed by atoms with E-state index in [1.807, 2.05) is 79.5 Å². The second-order valence-corrected chi connectivity index (χ2v) is 9.04. The van der Waals surface area contributed by atoms with Crippen LogP contribution in [0.25, 0.3) is 11.1 Å². The van der Waals surface area contributed by atoms with Crippen LogP contribution in [0.5, 0.6) is 5.75 Å². The zero-order chi connectivity index (χ0) is 23.2. The first-order valence-corrected chi connectivity index (χ1v) is 11.6. The fourth-order valence-electron chi connectivity index (χ4n) is 4.51. The van der Waals surface area contributed by atoms with Crippen LogP contribution in [-0.2, 0) is 11.8 Å². The fourth-order valence-corrected chi connectivity index (χ4v) is 4.51. The predicted octanol–water partition coefficient (Wildman–Crippen LogP) is 4.02. The highest BCUT2D eigenvalue weighted by molar-refractivity contribution is 5.77. The molecular formula is C26H33N5O2. The van der Waals surface area contributed by atoms with Crippen LogP contribution in [0.1, 0.15) is 37.3 Å². The second kappa shape index (κ2) is 10.5. The Morgan fingerprint density at radius 2 is 1.91 bits per heavy atom. The van der Waals surface area contributed by atoms with Crippen molar-refractivity contribution in [3.05, 3.63) is 60.7 Å². The van der Waals surface area contributed by atoms with E-state index < -0.39 is 0 Å². The summed E-state index contributed by atoms with van der Waals surface area (Å²) in [5, 5.41) is 7.84. The average Bonchev–Trinajstić information content (AvgIpc) is 3.24. The number of ether oxygens (including phenoxy) is 1. The highest BCUT2D eigenvalue weighted by Gasteiger charge is 2.27. The molecule has 1 aromatic carbocycles. The van der Waals surface area contributed by atoms with Crippen LogP contribution in [0.15, 0.2) is 55.0 Å². The van der Waals surface area contributed by atoms with E-state index in [2.05, 4.69) is 16.5 Å². The summed E-state index contributed by atoms with van der Waals surface area (Å²) < 4.78 is 7.59. The second-order valence-electron chi connectivity index (χ2n) is 9.04. The van der Waals surface area contributed by atoms with Gasteiger partial charge in [-0.05, 0) is 61.4 Å². The van der Waals surface area contributed by atoms with E-state index in [0.29, 0.717) is 24.1 Å². The first-order valence-electron chi connectivity index (χ1n) is 11.6. The van der Waals surface area contributed by atoms with Crippen LogP contribution in [-0.4, -0.2) is 47.9 Å². The van der Waals surface area contributed by atoms with Crippen LogP contribution >= 0.6 is 0 Å². The van der Waals surface area contributed by atoms with Crippen LogP contribution in [0.4, 0.5) is 5.69 Å². The lowest BCUT2D eigenvalue weighted by atomic mass is 9.79. The van der Waals surface area contributed by atoms with Gasteiger partial charge in [0.25, 0.3) is 5.91 Å². The molecule has 4 rings (SSSR count). The van der Waals surface area contributed by atoms with Crippen molar-refractivity contribution in [2.75, 3.05) is 32.1 Å². The Morgan fingerprint density at radius 1 is 1.15 bits per heavy atom. The van der Waals surface area contributed by atoms with E-state index in [1.54, 1.807) is 0 Å². The van der Waals surface area contributed by atoms with Crippen molar-refractivity contribution < 1.29 is 9.53 Å². The normalized spacial score (nSPS) is 18.0. The van der Waals surface area contributed by atoms with Crippen molar-refractivity contribution in [3.63, 3.8) is 0 Å². The Bertz CT molecular complexity index is 1060. The molecule has 2 heterocycles. The molecule has 0 unspecified atom stereocenters. The Morgan fingerprint density at radius 3 is 2.64 bits per heavy atom.